The third kappa shape index (κ3) is 1.87. The molecule has 20 heavy (non-hydrogen) atoms. The van der Waals surface area contributed by atoms with Crippen LogP contribution in [0.5, 0.6) is 5.75 Å². The van der Waals surface area contributed by atoms with Gasteiger partial charge in [-0.25, -0.2) is 4.68 Å². The third-order valence-corrected chi connectivity index (χ3v) is 3.36. The van der Waals surface area contributed by atoms with Gasteiger partial charge in [0.05, 0.1) is 18.4 Å². The molecule has 0 saturated heterocycles. The van der Waals surface area contributed by atoms with Crippen molar-refractivity contribution in [1.82, 2.24) is 14.8 Å². The van der Waals surface area contributed by atoms with E-state index in [1.807, 2.05) is 37.4 Å². The number of H-pyrrole nitrogens is 1. The number of aromatic nitrogens is 3. The van der Waals surface area contributed by atoms with E-state index >= 15 is 0 Å². The van der Waals surface area contributed by atoms with Crippen LogP contribution >= 0.6 is 0 Å². The zero-order valence-electron chi connectivity index (χ0n) is 11.6. The number of nitrogens with zero attached hydrogens (tertiary/aromatic N) is 2. The van der Waals surface area contributed by atoms with E-state index in [0.29, 0.717) is 5.56 Å². The molecule has 0 aliphatic rings. The maximum Gasteiger partial charge on any atom is 0.274 e. The van der Waals surface area contributed by atoms with Gasteiger partial charge in [-0.05, 0) is 31.2 Å². The van der Waals surface area contributed by atoms with Crippen LogP contribution in [0.4, 0.5) is 0 Å². The topological polar surface area (TPSA) is 59.9 Å². The first-order chi connectivity index (χ1) is 9.60. The summed E-state index contributed by atoms with van der Waals surface area (Å²) in [6.45, 7) is 1.87. The van der Waals surface area contributed by atoms with E-state index in [2.05, 4.69) is 10.1 Å². The quantitative estimate of drug-likeness (QED) is 0.776. The molecule has 2 heterocycles. The van der Waals surface area contributed by atoms with Crippen molar-refractivity contribution in [3.63, 3.8) is 0 Å². The SMILES string of the molecule is COc1ccc2[nH]cc(-c3cc(C)nn(C)c3=O)c2c1. The molecule has 0 aliphatic heterocycles. The second-order valence-electron chi connectivity index (χ2n) is 4.74. The van der Waals surface area contributed by atoms with Gasteiger partial charge in [-0.15, -0.1) is 0 Å². The predicted molar refractivity (Wildman–Crippen MR) is 78.1 cm³/mol. The van der Waals surface area contributed by atoms with Gasteiger partial charge in [-0.2, -0.15) is 5.10 Å². The molecule has 102 valence electrons. The van der Waals surface area contributed by atoms with Crippen LogP contribution in [0.25, 0.3) is 22.0 Å². The van der Waals surface area contributed by atoms with Gasteiger partial charge >= 0.3 is 0 Å². The van der Waals surface area contributed by atoms with Crippen molar-refractivity contribution in [3.8, 4) is 16.9 Å². The van der Waals surface area contributed by atoms with Crippen LogP contribution in [0.15, 0.2) is 35.3 Å². The fourth-order valence-corrected chi connectivity index (χ4v) is 2.40. The number of ether oxygens (including phenoxy) is 1. The van der Waals surface area contributed by atoms with E-state index in [-0.39, 0.29) is 5.56 Å². The maximum absolute atomic E-state index is 12.3. The molecule has 0 amide bonds. The molecular formula is C15H15N3O2. The van der Waals surface area contributed by atoms with E-state index in [9.17, 15) is 4.79 Å². The van der Waals surface area contributed by atoms with Crippen LogP contribution in [0.2, 0.25) is 0 Å². The number of fused-ring (bicyclic) bond motifs is 1. The van der Waals surface area contributed by atoms with E-state index in [1.54, 1.807) is 14.2 Å². The average Bonchev–Trinajstić information content (AvgIpc) is 2.85. The highest BCUT2D eigenvalue weighted by molar-refractivity contribution is 5.96. The summed E-state index contributed by atoms with van der Waals surface area (Å²) in [5.41, 5.74) is 3.17. The lowest BCUT2D eigenvalue weighted by Crippen LogP contribution is -2.21. The smallest absolute Gasteiger partial charge is 0.274 e. The number of hydrogen-bond acceptors (Lipinski definition) is 3. The minimum atomic E-state index is -0.112. The Bertz CT molecular complexity index is 846. The summed E-state index contributed by atoms with van der Waals surface area (Å²) in [6, 6.07) is 7.56. The largest absolute Gasteiger partial charge is 0.497 e. The number of nitrogens with one attached hydrogen (secondary N) is 1. The number of aromatic amines is 1. The van der Waals surface area contributed by atoms with Gasteiger partial charge in [0.25, 0.3) is 5.56 Å². The summed E-state index contributed by atoms with van der Waals surface area (Å²) in [7, 11) is 3.29. The van der Waals surface area contributed by atoms with Crippen molar-refractivity contribution in [2.45, 2.75) is 6.92 Å². The molecule has 3 aromatic rings. The van der Waals surface area contributed by atoms with Crippen molar-refractivity contribution in [1.29, 1.82) is 0 Å². The van der Waals surface area contributed by atoms with E-state index in [0.717, 1.165) is 27.9 Å². The van der Waals surface area contributed by atoms with Gasteiger partial charge in [0, 0.05) is 29.7 Å². The van der Waals surface area contributed by atoms with E-state index in [4.69, 9.17) is 4.74 Å². The third-order valence-electron chi connectivity index (χ3n) is 3.36. The molecule has 0 saturated carbocycles. The Kier molecular flexibility index (Phi) is 2.82. The molecule has 0 bridgehead atoms. The Morgan fingerprint density at radius 1 is 1.25 bits per heavy atom. The number of hydrogen-bond donors (Lipinski definition) is 1. The first-order valence-corrected chi connectivity index (χ1v) is 6.30. The second kappa shape index (κ2) is 4.52. The Labute approximate surface area is 115 Å². The van der Waals surface area contributed by atoms with Crippen LogP contribution in [0.1, 0.15) is 5.69 Å². The molecule has 2 aromatic heterocycles. The Morgan fingerprint density at radius 2 is 2.05 bits per heavy atom. The van der Waals surface area contributed by atoms with Crippen LogP contribution in [0.3, 0.4) is 0 Å². The molecule has 0 spiro atoms. The monoisotopic (exact) mass is 269 g/mol. The summed E-state index contributed by atoms with van der Waals surface area (Å²) in [5, 5.41) is 5.09. The molecule has 0 radical (unpaired) electrons. The van der Waals surface area contributed by atoms with Gasteiger partial charge in [-0.1, -0.05) is 0 Å². The highest BCUT2D eigenvalue weighted by atomic mass is 16.5. The summed E-state index contributed by atoms with van der Waals surface area (Å²) < 4.78 is 6.62. The predicted octanol–water partition coefficient (Wildman–Crippen LogP) is 2.25. The molecular weight excluding hydrogens is 254 g/mol. The lowest BCUT2D eigenvalue weighted by atomic mass is 10.1. The zero-order valence-corrected chi connectivity index (χ0v) is 11.6. The number of benzene rings is 1. The molecule has 1 aromatic carbocycles. The van der Waals surface area contributed by atoms with E-state index in [1.165, 1.54) is 4.68 Å². The molecule has 1 N–H and O–H groups in total. The Balaban J connectivity index is 2.32. The zero-order chi connectivity index (χ0) is 14.3. The van der Waals surface area contributed by atoms with Gasteiger partial charge in [0.2, 0.25) is 0 Å². The fourth-order valence-electron chi connectivity index (χ4n) is 2.40. The van der Waals surface area contributed by atoms with Crippen molar-refractivity contribution in [2.75, 3.05) is 7.11 Å². The van der Waals surface area contributed by atoms with Crippen LogP contribution in [-0.4, -0.2) is 21.9 Å². The molecule has 0 aliphatic carbocycles. The molecule has 5 nitrogen and oxygen atoms in total. The molecule has 0 atom stereocenters. The summed E-state index contributed by atoms with van der Waals surface area (Å²) in [6.07, 6.45) is 1.85. The fraction of sp³-hybridized carbons (Fsp3) is 0.200. The minimum Gasteiger partial charge on any atom is -0.497 e. The minimum absolute atomic E-state index is 0.112. The number of methoxy groups -OCH3 is 1. The van der Waals surface area contributed by atoms with Crippen molar-refractivity contribution >= 4 is 10.9 Å². The number of rotatable bonds is 2. The summed E-state index contributed by atoms with van der Waals surface area (Å²) in [5.74, 6) is 0.765. The molecule has 3 rings (SSSR count). The van der Waals surface area contributed by atoms with Crippen LogP contribution in [0, 0.1) is 6.92 Å². The van der Waals surface area contributed by atoms with Gasteiger partial charge in [-0.3, -0.25) is 4.79 Å². The maximum atomic E-state index is 12.3. The van der Waals surface area contributed by atoms with Crippen LogP contribution in [-0.2, 0) is 7.05 Å². The Morgan fingerprint density at radius 3 is 2.80 bits per heavy atom. The Hall–Kier alpha value is -2.56. The second-order valence-corrected chi connectivity index (χ2v) is 4.74. The first kappa shape index (κ1) is 12.5. The highest BCUT2D eigenvalue weighted by Crippen LogP contribution is 2.29. The standard InChI is InChI=1S/C15H15N3O2/c1-9-6-12(15(19)18(2)17-9)13-8-16-14-5-4-10(20-3)7-11(13)14/h4-8,16H,1-3H3. The van der Waals surface area contributed by atoms with Crippen molar-refractivity contribution in [2.24, 2.45) is 7.05 Å². The van der Waals surface area contributed by atoms with Gasteiger partial charge < -0.3 is 9.72 Å². The van der Waals surface area contributed by atoms with Gasteiger partial charge in [0.15, 0.2) is 0 Å². The molecule has 0 unspecified atom stereocenters. The van der Waals surface area contributed by atoms with Crippen molar-refractivity contribution < 1.29 is 4.74 Å². The lowest BCUT2D eigenvalue weighted by Gasteiger charge is -2.05. The van der Waals surface area contributed by atoms with Gasteiger partial charge in [0.1, 0.15) is 5.75 Å². The number of aryl methyl sites for hydroxylation is 2. The molecule has 0 fully saturated rings. The highest BCUT2D eigenvalue weighted by Gasteiger charge is 2.12. The first-order valence-electron chi connectivity index (χ1n) is 6.30. The van der Waals surface area contributed by atoms with Crippen LogP contribution < -0.4 is 10.3 Å². The summed E-state index contributed by atoms with van der Waals surface area (Å²) >= 11 is 0. The average molecular weight is 269 g/mol. The molecule has 5 heteroatoms. The van der Waals surface area contributed by atoms with Crippen molar-refractivity contribution in [3.05, 3.63) is 46.5 Å². The normalized spacial score (nSPS) is 10.9. The summed E-state index contributed by atoms with van der Waals surface area (Å²) in [4.78, 5) is 15.5. The van der Waals surface area contributed by atoms with E-state index < -0.39 is 0 Å². The lowest BCUT2D eigenvalue weighted by molar-refractivity contribution is 0.415.